The molecule has 8 heteroatoms. The lowest BCUT2D eigenvalue weighted by Gasteiger charge is -2.24. The van der Waals surface area contributed by atoms with Crippen LogP contribution in [0.3, 0.4) is 0 Å². The highest BCUT2D eigenvalue weighted by molar-refractivity contribution is 5.94. The summed E-state index contributed by atoms with van der Waals surface area (Å²) in [5.41, 5.74) is 0.976. The van der Waals surface area contributed by atoms with Gasteiger partial charge >= 0.3 is 0 Å². The highest BCUT2D eigenvalue weighted by atomic mass is 16.3. The minimum atomic E-state index is -0.893. The molecule has 1 unspecified atom stereocenters. The summed E-state index contributed by atoms with van der Waals surface area (Å²) in [4.78, 5) is 18.5. The quantitative estimate of drug-likeness (QED) is 0.697. The van der Waals surface area contributed by atoms with Gasteiger partial charge in [-0.3, -0.25) is 9.36 Å². The summed E-state index contributed by atoms with van der Waals surface area (Å²) >= 11 is 0. The first-order chi connectivity index (χ1) is 12.6. The molecule has 0 aliphatic heterocycles. The van der Waals surface area contributed by atoms with Gasteiger partial charge in [0.1, 0.15) is 24.2 Å². The number of nitrogens with zero attached hydrogens (tertiary/aromatic N) is 5. The maximum absolute atomic E-state index is 12.7. The summed E-state index contributed by atoms with van der Waals surface area (Å²) in [5.74, 6) is 0.452. The molecule has 2 heterocycles. The number of benzene rings is 1. The van der Waals surface area contributed by atoms with Gasteiger partial charge in [-0.25, -0.2) is 4.98 Å². The summed E-state index contributed by atoms with van der Waals surface area (Å²) in [6.45, 7) is 2.39. The standard InChI is InChI=1S/C18H19N5O3/c1-2-22(10-16(25)13-4-3-5-15(24)8-13)18(26)14-6-7-17(19-9-14)23-11-20-21-12-23/h3-9,11-12,16,24-25H,2,10H2,1H3. The van der Waals surface area contributed by atoms with Gasteiger partial charge < -0.3 is 15.1 Å². The fraction of sp³-hybridized carbons (Fsp3) is 0.222. The average molecular weight is 353 g/mol. The number of aliphatic hydroxyl groups is 1. The molecule has 1 amide bonds. The van der Waals surface area contributed by atoms with Crippen LogP contribution < -0.4 is 0 Å². The molecule has 0 fully saturated rings. The smallest absolute Gasteiger partial charge is 0.255 e. The van der Waals surface area contributed by atoms with Crippen LogP contribution in [0, 0.1) is 0 Å². The number of aromatic hydroxyl groups is 1. The van der Waals surface area contributed by atoms with Crippen molar-refractivity contribution < 1.29 is 15.0 Å². The SMILES string of the molecule is CCN(CC(O)c1cccc(O)c1)C(=O)c1ccc(-n2cnnc2)nc1. The van der Waals surface area contributed by atoms with Gasteiger partial charge in [0.2, 0.25) is 0 Å². The van der Waals surface area contributed by atoms with Crippen molar-refractivity contribution in [2.24, 2.45) is 0 Å². The molecule has 0 saturated carbocycles. The Hall–Kier alpha value is -3.26. The van der Waals surface area contributed by atoms with Gasteiger partial charge in [0.15, 0.2) is 0 Å². The second-order valence-corrected chi connectivity index (χ2v) is 5.73. The lowest BCUT2D eigenvalue weighted by atomic mass is 10.1. The van der Waals surface area contributed by atoms with Gasteiger partial charge in [-0.05, 0) is 36.8 Å². The highest BCUT2D eigenvalue weighted by Crippen LogP contribution is 2.20. The Morgan fingerprint density at radius 2 is 2.00 bits per heavy atom. The Balaban J connectivity index is 1.72. The number of phenols is 1. The molecule has 26 heavy (non-hydrogen) atoms. The molecule has 3 aromatic rings. The number of hydrogen-bond donors (Lipinski definition) is 2. The molecule has 0 bridgehead atoms. The molecule has 2 N–H and O–H groups in total. The molecule has 134 valence electrons. The number of pyridine rings is 1. The van der Waals surface area contributed by atoms with Crippen LogP contribution in [0.4, 0.5) is 0 Å². The van der Waals surface area contributed by atoms with E-state index in [1.807, 2.05) is 6.92 Å². The van der Waals surface area contributed by atoms with Crippen molar-refractivity contribution in [2.45, 2.75) is 13.0 Å². The van der Waals surface area contributed by atoms with Crippen molar-refractivity contribution in [3.63, 3.8) is 0 Å². The van der Waals surface area contributed by atoms with Gasteiger partial charge in [-0.1, -0.05) is 12.1 Å². The Morgan fingerprint density at radius 1 is 1.23 bits per heavy atom. The van der Waals surface area contributed by atoms with Crippen LogP contribution in [0.25, 0.3) is 5.82 Å². The van der Waals surface area contributed by atoms with Crippen molar-refractivity contribution in [3.8, 4) is 11.6 Å². The molecule has 0 radical (unpaired) electrons. The first-order valence-electron chi connectivity index (χ1n) is 8.15. The third-order valence-electron chi connectivity index (χ3n) is 4.00. The summed E-state index contributed by atoms with van der Waals surface area (Å²) in [6, 6.07) is 9.75. The average Bonchev–Trinajstić information content (AvgIpc) is 3.20. The van der Waals surface area contributed by atoms with Crippen molar-refractivity contribution in [1.29, 1.82) is 0 Å². The lowest BCUT2D eigenvalue weighted by molar-refractivity contribution is 0.0634. The van der Waals surface area contributed by atoms with Crippen LogP contribution in [0.2, 0.25) is 0 Å². The number of aromatic nitrogens is 4. The fourth-order valence-corrected chi connectivity index (χ4v) is 2.57. The van der Waals surface area contributed by atoms with E-state index in [4.69, 9.17) is 0 Å². The number of rotatable bonds is 6. The van der Waals surface area contributed by atoms with E-state index in [1.165, 1.54) is 35.9 Å². The summed E-state index contributed by atoms with van der Waals surface area (Å²) in [5, 5.41) is 27.3. The van der Waals surface area contributed by atoms with E-state index in [9.17, 15) is 15.0 Å². The topological polar surface area (TPSA) is 104 Å². The van der Waals surface area contributed by atoms with E-state index in [-0.39, 0.29) is 18.2 Å². The third kappa shape index (κ3) is 3.86. The van der Waals surface area contributed by atoms with E-state index >= 15 is 0 Å². The van der Waals surface area contributed by atoms with E-state index in [2.05, 4.69) is 15.2 Å². The molecule has 0 spiro atoms. The lowest BCUT2D eigenvalue weighted by Crippen LogP contribution is -2.34. The van der Waals surface area contributed by atoms with Crippen molar-refractivity contribution >= 4 is 5.91 Å². The van der Waals surface area contributed by atoms with Crippen LogP contribution in [0.15, 0.2) is 55.2 Å². The summed E-state index contributed by atoms with van der Waals surface area (Å²) < 4.78 is 1.64. The minimum absolute atomic E-state index is 0.0738. The van der Waals surface area contributed by atoms with Crippen LogP contribution in [-0.2, 0) is 0 Å². The monoisotopic (exact) mass is 353 g/mol. The van der Waals surface area contributed by atoms with Crippen LogP contribution >= 0.6 is 0 Å². The van der Waals surface area contributed by atoms with Gasteiger partial charge in [-0.2, -0.15) is 0 Å². The number of carbonyl (C=O) groups excluding carboxylic acids is 1. The highest BCUT2D eigenvalue weighted by Gasteiger charge is 2.19. The van der Waals surface area contributed by atoms with E-state index in [1.54, 1.807) is 28.8 Å². The number of phenolic OH excluding ortho intramolecular Hbond substituents is 1. The van der Waals surface area contributed by atoms with Crippen molar-refractivity contribution in [1.82, 2.24) is 24.6 Å². The normalized spacial score (nSPS) is 11.9. The van der Waals surface area contributed by atoms with E-state index < -0.39 is 6.10 Å². The molecule has 0 saturated heterocycles. The van der Waals surface area contributed by atoms with Gasteiger partial charge in [-0.15, -0.1) is 10.2 Å². The number of carbonyl (C=O) groups is 1. The zero-order valence-electron chi connectivity index (χ0n) is 14.2. The van der Waals surface area contributed by atoms with Gasteiger partial charge in [0.25, 0.3) is 5.91 Å². The molecule has 3 rings (SSSR count). The summed E-state index contributed by atoms with van der Waals surface area (Å²) in [6.07, 6.45) is 3.64. The molecule has 2 aromatic heterocycles. The maximum atomic E-state index is 12.7. The minimum Gasteiger partial charge on any atom is -0.508 e. The number of aliphatic hydroxyl groups excluding tert-OH is 1. The van der Waals surface area contributed by atoms with Crippen LogP contribution in [0.1, 0.15) is 28.9 Å². The van der Waals surface area contributed by atoms with Gasteiger partial charge in [0.05, 0.1) is 18.2 Å². The predicted molar refractivity (Wildman–Crippen MR) is 93.8 cm³/mol. The Labute approximate surface area is 150 Å². The summed E-state index contributed by atoms with van der Waals surface area (Å²) in [7, 11) is 0. The van der Waals surface area contributed by atoms with Crippen molar-refractivity contribution in [3.05, 3.63) is 66.4 Å². The van der Waals surface area contributed by atoms with E-state index in [0.717, 1.165) is 0 Å². The van der Waals surface area contributed by atoms with Gasteiger partial charge in [0, 0.05) is 12.7 Å². The van der Waals surface area contributed by atoms with Crippen molar-refractivity contribution in [2.75, 3.05) is 13.1 Å². The molecule has 1 aromatic carbocycles. The predicted octanol–water partition coefficient (Wildman–Crippen LogP) is 1.56. The molecular formula is C18H19N5O3. The second kappa shape index (κ2) is 7.75. The maximum Gasteiger partial charge on any atom is 0.255 e. The molecule has 1 atom stereocenters. The van der Waals surface area contributed by atoms with Crippen LogP contribution in [0.5, 0.6) is 5.75 Å². The first-order valence-corrected chi connectivity index (χ1v) is 8.15. The Bertz CT molecular complexity index is 865. The first kappa shape index (κ1) is 17.6. The molecular weight excluding hydrogens is 334 g/mol. The third-order valence-corrected chi connectivity index (χ3v) is 4.00. The van der Waals surface area contributed by atoms with Crippen LogP contribution in [-0.4, -0.2) is 53.9 Å². The van der Waals surface area contributed by atoms with E-state index in [0.29, 0.717) is 23.5 Å². The molecule has 0 aliphatic rings. The fourth-order valence-electron chi connectivity index (χ4n) is 2.57. The zero-order valence-corrected chi connectivity index (χ0v) is 14.2. The number of likely N-dealkylation sites (N-methyl/N-ethyl adjacent to an activating group) is 1. The molecule has 8 nitrogen and oxygen atoms in total. The molecule has 0 aliphatic carbocycles. The largest absolute Gasteiger partial charge is 0.508 e. The number of amides is 1. The Morgan fingerprint density at radius 3 is 2.62 bits per heavy atom. The zero-order chi connectivity index (χ0) is 18.5. The second-order valence-electron chi connectivity index (χ2n) is 5.73. The Kier molecular flexibility index (Phi) is 5.23. The number of hydrogen-bond acceptors (Lipinski definition) is 6.